The van der Waals surface area contributed by atoms with Crippen molar-refractivity contribution in [2.45, 2.75) is 108 Å². The van der Waals surface area contributed by atoms with E-state index >= 15 is 0 Å². The molecule has 17 heteroatoms. The molecule has 2 aromatic rings. The Balaban J connectivity index is 1.31. The Bertz CT molecular complexity index is 1880. The first-order valence-corrected chi connectivity index (χ1v) is 19.3. The lowest BCUT2D eigenvalue weighted by atomic mass is 9.99. The summed E-state index contributed by atoms with van der Waals surface area (Å²) in [5.41, 5.74) is 1.60. The number of carbonyl (C=O) groups is 7. The highest BCUT2D eigenvalue weighted by Gasteiger charge is 2.46. The summed E-state index contributed by atoms with van der Waals surface area (Å²) in [6, 6.07) is 1.99. The molecule has 2 aromatic carbocycles. The molecule has 6 amide bonds. The number of hydrogen-bond donors (Lipinski definition) is 3. The molecule has 4 saturated heterocycles. The number of benzene rings is 2. The predicted octanol–water partition coefficient (Wildman–Crippen LogP) is 1.40. The van der Waals surface area contributed by atoms with E-state index in [4.69, 9.17) is 4.74 Å². The smallest absolute Gasteiger partial charge is 0.329 e. The van der Waals surface area contributed by atoms with Gasteiger partial charge in [0.25, 0.3) is 0 Å². The van der Waals surface area contributed by atoms with Crippen molar-refractivity contribution in [3.63, 3.8) is 0 Å². The normalized spacial score (nSPS) is 26.5. The van der Waals surface area contributed by atoms with Gasteiger partial charge in [0.1, 0.15) is 60.7 Å². The SMILES string of the molecule is Cc1ccc(CC(=O)N[C@@H](Cc2cc(F)cc(F)c2)C(=O)N[C@H]2COC(=O)[C@@H]3C[C@@H](F)CN3C(=O)[C@H](C)NC(=O)[C@@H]3CCCCN3C(=O)[C@@H]3CCCN3C2=O)cc1. The van der Waals surface area contributed by atoms with Crippen LogP contribution in [0, 0.1) is 18.6 Å². The minimum atomic E-state index is -1.66. The van der Waals surface area contributed by atoms with Gasteiger partial charge in [-0.2, -0.15) is 0 Å². The van der Waals surface area contributed by atoms with Crippen LogP contribution in [0.25, 0.3) is 0 Å². The molecule has 0 aliphatic carbocycles. The first kappa shape index (κ1) is 41.2. The number of amides is 6. The second-order valence-electron chi connectivity index (χ2n) is 15.3. The molecular formula is C40H47F3N6O8. The number of alkyl halides is 1. The Labute approximate surface area is 327 Å². The molecule has 14 nitrogen and oxygen atoms in total. The number of rotatable bonds is 7. The van der Waals surface area contributed by atoms with Crippen molar-refractivity contribution < 1.29 is 51.5 Å². The highest BCUT2D eigenvalue weighted by Crippen LogP contribution is 2.27. The molecule has 0 unspecified atom stereocenters. The largest absolute Gasteiger partial charge is 0.461 e. The van der Waals surface area contributed by atoms with Crippen LogP contribution in [0.5, 0.6) is 0 Å². The Morgan fingerprint density at radius 2 is 1.51 bits per heavy atom. The molecular weight excluding hydrogens is 749 g/mol. The number of cyclic esters (lactones) is 1. The molecule has 0 spiro atoms. The third-order valence-electron chi connectivity index (χ3n) is 10.9. The van der Waals surface area contributed by atoms with Crippen LogP contribution >= 0.6 is 0 Å². The minimum Gasteiger partial charge on any atom is -0.461 e. The van der Waals surface area contributed by atoms with Crippen molar-refractivity contribution in [3.05, 3.63) is 70.8 Å². The van der Waals surface area contributed by atoms with Crippen molar-refractivity contribution in [2.75, 3.05) is 26.2 Å². The number of aryl methyl sites for hydroxylation is 1. The molecule has 0 radical (unpaired) electrons. The van der Waals surface area contributed by atoms with Gasteiger partial charge in [0, 0.05) is 32.0 Å². The van der Waals surface area contributed by atoms with Crippen molar-refractivity contribution >= 4 is 41.4 Å². The number of piperidine rings is 1. The quantitative estimate of drug-likeness (QED) is 0.353. The van der Waals surface area contributed by atoms with E-state index in [1.807, 2.05) is 6.92 Å². The van der Waals surface area contributed by atoms with Crippen LogP contribution in [0.15, 0.2) is 42.5 Å². The van der Waals surface area contributed by atoms with Crippen LogP contribution < -0.4 is 16.0 Å². The van der Waals surface area contributed by atoms with E-state index in [1.165, 1.54) is 16.7 Å². The van der Waals surface area contributed by atoms with Crippen molar-refractivity contribution in [2.24, 2.45) is 0 Å². The van der Waals surface area contributed by atoms with Crippen molar-refractivity contribution in [1.29, 1.82) is 0 Å². The molecule has 4 heterocycles. The number of halogens is 3. The van der Waals surface area contributed by atoms with Crippen LogP contribution in [0.1, 0.15) is 62.1 Å². The maximum Gasteiger partial charge on any atom is 0.329 e. The standard InChI is InChI=1S/C40H47F3N6O8/c1-22-8-10-24(11-9-22)17-34(50)45-29(16-25-14-26(41)18-27(42)15-25)35(51)46-30-21-57-40(56)33-19-28(43)20-49(33)37(53)23(2)44-36(52)31-6-3-4-12-47(31)39(55)32-7-5-13-48(32)38(30)54/h8-11,14-15,18,23,28-33H,3-7,12-13,16-17,19-21H2,1-2H3,(H,44,52)(H,45,50)(H,46,51)/t23-,28+,29-,30-,31-,32-,33-/m0/s1. The zero-order valence-corrected chi connectivity index (χ0v) is 31.8. The maximum absolute atomic E-state index is 14.8. The summed E-state index contributed by atoms with van der Waals surface area (Å²) in [6.45, 7) is 2.34. The van der Waals surface area contributed by atoms with Crippen LogP contribution in [-0.4, -0.2) is 125 Å². The highest BCUT2D eigenvalue weighted by molar-refractivity contribution is 5.98. The monoisotopic (exact) mass is 796 g/mol. The fourth-order valence-electron chi connectivity index (χ4n) is 8.04. The first-order chi connectivity index (χ1) is 27.2. The predicted molar refractivity (Wildman–Crippen MR) is 196 cm³/mol. The van der Waals surface area contributed by atoms with Gasteiger partial charge >= 0.3 is 5.97 Å². The number of carbonyl (C=O) groups excluding carboxylic acids is 7. The molecule has 7 atom stereocenters. The summed E-state index contributed by atoms with van der Waals surface area (Å²) in [7, 11) is 0. The highest BCUT2D eigenvalue weighted by atomic mass is 19.1. The van der Waals surface area contributed by atoms with Gasteiger partial charge in [-0.25, -0.2) is 18.0 Å². The summed E-state index contributed by atoms with van der Waals surface area (Å²) < 4.78 is 48.9. The summed E-state index contributed by atoms with van der Waals surface area (Å²) in [4.78, 5) is 100. The van der Waals surface area contributed by atoms with Gasteiger partial charge in [-0.05, 0) is 69.2 Å². The van der Waals surface area contributed by atoms with Gasteiger partial charge in [0.15, 0.2) is 0 Å². The number of hydrogen-bond acceptors (Lipinski definition) is 8. The summed E-state index contributed by atoms with van der Waals surface area (Å²) in [5, 5.41) is 7.77. The number of fused-ring (bicyclic) bond motifs is 3. The first-order valence-electron chi connectivity index (χ1n) is 19.3. The van der Waals surface area contributed by atoms with E-state index in [9.17, 15) is 46.7 Å². The number of esters is 1. The fourth-order valence-corrected chi connectivity index (χ4v) is 8.04. The third-order valence-corrected chi connectivity index (χ3v) is 10.9. The molecule has 57 heavy (non-hydrogen) atoms. The molecule has 0 aromatic heterocycles. The number of nitrogens with zero attached hydrogens (tertiary/aromatic N) is 3. The molecule has 0 bridgehead atoms. The molecule has 0 saturated carbocycles. The second kappa shape index (κ2) is 17.8. The number of nitrogens with one attached hydrogen (secondary N) is 3. The average Bonchev–Trinajstić information content (AvgIpc) is 3.82. The lowest BCUT2D eigenvalue weighted by Crippen LogP contribution is -2.62. The molecule has 3 N–H and O–H groups in total. The Kier molecular flexibility index (Phi) is 12.8. The lowest BCUT2D eigenvalue weighted by Gasteiger charge is -2.39. The van der Waals surface area contributed by atoms with Gasteiger partial charge in [0.2, 0.25) is 35.4 Å². The van der Waals surface area contributed by atoms with Gasteiger partial charge in [-0.15, -0.1) is 0 Å². The Morgan fingerprint density at radius 1 is 0.842 bits per heavy atom. The summed E-state index contributed by atoms with van der Waals surface area (Å²) in [5.74, 6) is -7.13. The van der Waals surface area contributed by atoms with E-state index in [-0.39, 0.29) is 31.5 Å². The van der Waals surface area contributed by atoms with E-state index in [1.54, 1.807) is 24.3 Å². The Hall–Kier alpha value is -5.48. The van der Waals surface area contributed by atoms with E-state index in [0.29, 0.717) is 37.3 Å². The van der Waals surface area contributed by atoms with E-state index in [2.05, 4.69) is 16.0 Å². The third kappa shape index (κ3) is 9.74. The van der Waals surface area contributed by atoms with Gasteiger partial charge in [-0.3, -0.25) is 28.8 Å². The molecule has 6 rings (SSSR count). The van der Waals surface area contributed by atoms with Crippen LogP contribution in [0.2, 0.25) is 0 Å². The molecule has 4 aliphatic heterocycles. The molecule has 4 fully saturated rings. The molecule has 306 valence electrons. The van der Waals surface area contributed by atoms with Gasteiger partial charge in [0.05, 0.1) is 13.0 Å². The summed E-state index contributed by atoms with van der Waals surface area (Å²) >= 11 is 0. The average molecular weight is 797 g/mol. The van der Waals surface area contributed by atoms with Crippen molar-refractivity contribution in [3.8, 4) is 0 Å². The molecule has 4 aliphatic rings. The van der Waals surface area contributed by atoms with Gasteiger partial charge in [-0.1, -0.05) is 29.8 Å². The van der Waals surface area contributed by atoms with E-state index < -0.39 is 121 Å². The summed E-state index contributed by atoms with van der Waals surface area (Å²) in [6.07, 6.45) is -0.400. The fraction of sp³-hybridized carbons (Fsp3) is 0.525. The van der Waals surface area contributed by atoms with Gasteiger partial charge < -0.3 is 35.4 Å². The minimum absolute atomic E-state index is 0.0188. The zero-order valence-electron chi connectivity index (χ0n) is 31.8. The Morgan fingerprint density at radius 3 is 2.23 bits per heavy atom. The second-order valence-corrected chi connectivity index (χ2v) is 15.3. The van der Waals surface area contributed by atoms with Crippen LogP contribution in [0.4, 0.5) is 13.2 Å². The van der Waals surface area contributed by atoms with E-state index in [0.717, 1.165) is 22.6 Å². The maximum atomic E-state index is 14.8. The topological polar surface area (TPSA) is 175 Å². The zero-order chi connectivity index (χ0) is 41.0. The lowest BCUT2D eigenvalue weighted by molar-refractivity contribution is -0.158. The number of ether oxygens (including phenoxy) is 1. The van der Waals surface area contributed by atoms with Crippen LogP contribution in [0.3, 0.4) is 0 Å². The van der Waals surface area contributed by atoms with Crippen LogP contribution in [-0.2, 0) is 51.1 Å². The van der Waals surface area contributed by atoms with Crippen molar-refractivity contribution in [1.82, 2.24) is 30.7 Å².